The molecule has 5 nitrogen and oxygen atoms in total. The van der Waals surface area contributed by atoms with Crippen molar-refractivity contribution in [1.82, 2.24) is 0 Å². The van der Waals surface area contributed by atoms with Gasteiger partial charge in [-0.2, -0.15) is 0 Å². The first-order valence-corrected chi connectivity index (χ1v) is 7.86. The number of carbonyl (C=O) groups is 2. The van der Waals surface area contributed by atoms with Crippen molar-refractivity contribution in [2.24, 2.45) is 0 Å². The van der Waals surface area contributed by atoms with Crippen LogP contribution in [0.5, 0.6) is 5.75 Å². The fraction of sp³-hybridized carbons (Fsp3) is 0.100. The van der Waals surface area contributed by atoms with E-state index in [-0.39, 0.29) is 11.3 Å². The Hall–Kier alpha value is -3.41. The lowest BCUT2D eigenvalue weighted by molar-refractivity contribution is -0.119. The standard InChI is InChI=1S/C20H16FNO4/c1-25-18-9-7-15(11-17(18)21)20(24)26-12-19(23)22-16-8-6-13-4-2-3-5-14(13)10-16/h2-11H,12H2,1H3,(H,22,23). The summed E-state index contributed by atoms with van der Waals surface area (Å²) in [5.41, 5.74) is 0.599. The monoisotopic (exact) mass is 353 g/mol. The second-order valence-corrected chi connectivity index (χ2v) is 5.54. The number of halogens is 1. The molecule has 0 radical (unpaired) electrons. The lowest BCUT2D eigenvalue weighted by Gasteiger charge is -2.08. The second-order valence-electron chi connectivity index (χ2n) is 5.54. The van der Waals surface area contributed by atoms with Gasteiger partial charge in [0.2, 0.25) is 0 Å². The molecule has 0 heterocycles. The molecule has 0 atom stereocenters. The normalized spacial score (nSPS) is 10.4. The van der Waals surface area contributed by atoms with Gasteiger partial charge in [-0.1, -0.05) is 30.3 Å². The number of hydrogen-bond donors (Lipinski definition) is 1. The molecule has 0 aliphatic heterocycles. The third kappa shape index (κ3) is 3.97. The summed E-state index contributed by atoms with van der Waals surface area (Å²) in [4.78, 5) is 23.9. The molecule has 26 heavy (non-hydrogen) atoms. The molecular formula is C20H16FNO4. The van der Waals surface area contributed by atoms with Crippen LogP contribution in [-0.2, 0) is 9.53 Å². The fourth-order valence-electron chi connectivity index (χ4n) is 2.47. The number of nitrogens with one attached hydrogen (secondary N) is 1. The summed E-state index contributed by atoms with van der Waals surface area (Å²) in [7, 11) is 1.33. The highest BCUT2D eigenvalue weighted by molar-refractivity contribution is 5.97. The summed E-state index contributed by atoms with van der Waals surface area (Å²) >= 11 is 0. The summed E-state index contributed by atoms with van der Waals surface area (Å²) in [6.45, 7) is -0.473. The maximum absolute atomic E-state index is 13.6. The second kappa shape index (κ2) is 7.65. The van der Waals surface area contributed by atoms with Crippen molar-refractivity contribution in [3.8, 4) is 5.75 Å². The van der Waals surface area contributed by atoms with Gasteiger partial charge in [0, 0.05) is 5.69 Å². The van der Waals surface area contributed by atoms with Crippen molar-refractivity contribution in [1.29, 1.82) is 0 Å². The molecule has 0 unspecified atom stereocenters. The predicted molar refractivity (Wildman–Crippen MR) is 95.8 cm³/mol. The number of amides is 1. The zero-order valence-electron chi connectivity index (χ0n) is 14.0. The van der Waals surface area contributed by atoms with Crippen LogP contribution in [0.4, 0.5) is 10.1 Å². The number of fused-ring (bicyclic) bond motifs is 1. The van der Waals surface area contributed by atoms with Crippen molar-refractivity contribution in [2.75, 3.05) is 19.0 Å². The van der Waals surface area contributed by atoms with Crippen LogP contribution in [0, 0.1) is 5.82 Å². The number of rotatable bonds is 5. The highest BCUT2D eigenvalue weighted by Crippen LogP contribution is 2.19. The minimum absolute atomic E-state index is 0.00167. The van der Waals surface area contributed by atoms with Crippen molar-refractivity contribution in [3.63, 3.8) is 0 Å². The molecule has 6 heteroatoms. The van der Waals surface area contributed by atoms with E-state index in [0.717, 1.165) is 16.8 Å². The molecule has 0 saturated carbocycles. The highest BCUT2D eigenvalue weighted by atomic mass is 19.1. The van der Waals surface area contributed by atoms with Crippen LogP contribution in [0.1, 0.15) is 10.4 Å². The van der Waals surface area contributed by atoms with Crippen LogP contribution >= 0.6 is 0 Å². The van der Waals surface area contributed by atoms with Crippen molar-refractivity contribution < 1.29 is 23.5 Å². The Morgan fingerprint density at radius 1 is 1.00 bits per heavy atom. The van der Waals surface area contributed by atoms with E-state index in [0.29, 0.717) is 5.69 Å². The molecule has 0 spiro atoms. The Bertz CT molecular complexity index is 971. The number of esters is 1. The van der Waals surface area contributed by atoms with E-state index < -0.39 is 24.3 Å². The lowest BCUT2D eigenvalue weighted by atomic mass is 10.1. The van der Waals surface area contributed by atoms with Gasteiger partial charge < -0.3 is 14.8 Å². The van der Waals surface area contributed by atoms with E-state index in [4.69, 9.17) is 9.47 Å². The Balaban J connectivity index is 1.59. The third-order valence-corrected chi connectivity index (χ3v) is 3.76. The summed E-state index contributed by atoms with van der Waals surface area (Å²) < 4.78 is 23.3. The van der Waals surface area contributed by atoms with Crippen molar-refractivity contribution >= 4 is 28.3 Å². The first-order chi connectivity index (χ1) is 12.6. The number of anilines is 1. The van der Waals surface area contributed by atoms with E-state index in [1.165, 1.54) is 19.2 Å². The van der Waals surface area contributed by atoms with Crippen LogP contribution < -0.4 is 10.1 Å². The summed E-state index contributed by atoms with van der Waals surface area (Å²) in [6.07, 6.45) is 0. The molecule has 0 fully saturated rings. The van der Waals surface area contributed by atoms with Gasteiger partial charge in [0.25, 0.3) is 5.91 Å². The zero-order chi connectivity index (χ0) is 18.5. The maximum atomic E-state index is 13.6. The quantitative estimate of drug-likeness (QED) is 0.709. The smallest absolute Gasteiger partial charge is 0.338 e. The molecule has 0 aliphatic carbocycles. The van der Waals surface area contributed by atoms with Crippen LogP contribution in [0.2, 0.25) is 0 Å². The van der Waals surface area contributed by atoms with Gasteiger partial charge >= 0.3 is 5.97 Å². The van der Waals surface area contributed by atoms with Crippen LogP contribution in [0.15, 0.2) is 60.7 Å². The Morgan fingerprint density at radius 2 is 1.77 bits per heavy atom. The van der Waals surface area contributed by atoms with Crippen molar-refractivity contribution in [2.45, 2.75) is 0 Å². The van der Waals surface area contributed by atoms with Gasteiger partial charge in [0.05, 0.1) is 12.7 Å². The molecule has 3 rings (SSSR count). The van der Waals surface area contributed by atoms with E-state index in [1.54, 1.807) is 6.07 Å². The number of benzene rings is 3. The minimum atomic E-state index is -0.791. The van der Waals surface area contributed by atoms with Gasteiger partial charge in [0.1, 0.15) is 0 Å². The van der Waals surface area contributed by atoms with E-state index in [2.05, 4.69) is 5.32 Å². The van der Waals surface area contributed by atoms with Crippen LogP contribution in [0.3, 0.4) is 0 Å². The maximum Gasteiger partial charge on any atom is 0.338 e. The Kier molecular flexibility index (Phi) is 5.12. The van der Waals surface area contributed by atoms with Gasteiger partial charge in [-0.3, -0.25) is 4.79 Å². The molecule has 1 N–H and O–H groups in total. The van der Waals surface area contributed by atoms with Crippen molar-refractivity contribution in [3.05, 3.63) is 72.0 Å². The first-order valence-electron chi connectivity index (χ1n) is 7.86. The number of methoxy groups -OCH3 is 1. The average molecular weight is 353 g/mol. The number of hydrogen-bond acceptors (Lipinski definition) is 4. The topological polar surface area (TPSA) is 64.6 Å². The molecule has 132 valence electrons. The molecule has 1 amide bonds. The van der Waals surface area contributed by atoms with Crippen LogP contribution in [-0.4, -0.2) is 25.6 Å². The Morgan fingerprint density at radius 3 is 2.50 bits per heavy atom. The summed E-state index contributed by atoms with van der Waals surface area (Å²) in [5, 5.41) is 4.70. The van der Waals surface area contributed by atoms with Crippen LogP contribution in [0.25, 0.3) is 10.8 Å². The van der Waals surface area contributed by atoms with E-state index >= 15 is 0 Å². The number of carbonyl (C=O) groups excluding carboxylic acids is 2. The van der Waals surface area contributed by atoms with Gasteiger partial charge in [-0.25, -0.2) is 9.18 Å². The molecule has 3 aromatic carbocycles. The summed E-state index contributed by atoms with van der Waals surface area (Å²) in [5.74, 6) is -1.93. The molecule has 3 aromatic rings. The molecule has 0 aliphatic rings. The fourth-order valence-corrected chi connectivity index (χ4v) is 2.47. The Labute approximate surface area is 149 Å². The van der Waals surface area contributed by atoms with E-state index in [9.17, 15) is 14.0 Å². The van der Waals surface area contributed by atoms with Gasteiger partial charge in [-0.15, -0.1) is 0 Å². The van der Waals surface area contributed by atoms with Gasteiger partial charge in [-0.05, 0) is 41.1 Å². The largest absolute Gasteiger partial charge is 0.494 e. The number of ether oxygens (including phenoxy) is 2. The highest BCUT2D eigenvalue weighted by Gasteiger charge is 2.13. The molecule has 0 bridgehead atoms. The molecular weight excluding hydrogens is 337 g/mol. The average Bonchev–Trinajstić information content (AvgIpc) is 2.66. The molecule has 0 aromatic heterocycles. The third-order valence-electron chi connectivity index (χ3n) is 3.76. The van der Waals surface area contributed by atoms with E-state index in [1.807, 2.05) is 36.4 Å². The first kappa shape index (κ1) is 17.4. The lowest BCUT2D eigenvalue weighted by Crippen LogP contribution is -2.21. The predicted octanol–water partition coefficient (Wildman–Crippen LogP) is 3.78. The molecule has 0 saturated heterocycles. The zero-order valence-corrected chi connectivity index (χ0v) is 14.0. The SMILES string of the molecule is COc1ccc(C(=O)OCC(=O)Nc2ccc3ccccc3c2)cc1F. The minimum Gasteiger partial charge on any atom is -0.494 e. The summed E-state index contributed by atoms with van der Waals surface area (Å²) in [6, 6.07) is 16.9. The van der Waals surface area contributed by atoms with Gasteiger partial charge in [0.15, 0.2) is 18.2 Å².